The minimum atomic E-state index is 1.21. The van der Waals surface area contributed by atoms with Gasteiger partial charge in [-0.3, -0.25) is 0 Å². The summed E-state index contributed by atoms with van der Waals surface area (Å²) in [6.45, 7) is 0. The molecule has 1 heteroatoms. The predicted octanol–water partition coefficient (Wildman–Crippen LogP) is 1.56. The minimum absolute atomic E-state index is 1.21. The van der Waals surface area contributed by atoms with Gasteiger partial charge >= 0.3 is 0 Å². The van der Waals surface area contributed by atoms with Crippen LogP contribution in [0.4, 0.5) is 0 Å². The number of allylic oxidation sites excluding steroid dienone is 6. The number of hydrogen-bond donors (Lipinski definition) is 0. The van der Waals surface area contributed by atoms with Gasteiger partial charge in [-0.25, -0.2) is 0 Å². The van der Waals surface area contributed by atoms with Crippen molar-refractivity contribution in [1.29, 1.82) is 5.26 Å². The lowest BCUT2D eigenvalue weighted by molar-refractivity contribution is 1.53. The van der Waals surface area contributed by atoms with Crippen LogP contribution >= 0.6 is 0 Å². The summed E-state index contributed by atoms with van der Waals surface area (Å²) in [5, 5.41) is 8.01. The fourth-order valence-electron chi connectivity index (χ4n) is 0.361. The molecule has 0 amide bonds. The third-order valence-corrected chi connectivity index (χ3v) is 0.819. The molecule has 0 unspecified atom stereocenters. The Labute approximate surface area is 48.2 Å². The largest absolute Gasteiger partial charge is 0.193 e. The van der Waals surface area contributed by atoms with Gasteiger partial charge in [0.05, 0.1) is 6.07 Å². The van der Waals surface area contributed by atoms with Crippen molar-refractivity contribution in [2.45, 2.75) is 0 Å². The van der Waals surface area contributed by atoms with E-state index in [2.05, 4.69) is 0 Å². The summed E-state index contributed by atoms with van der Waals surface area (Å²) in [5.74, 6) is 0. The standard InChI is InChI=1S/C7H5N/c8-6-2-1-3-7-4-5-7/h1-5H/b2-1+. The van der Waals surface area contributed by atoms with Gasteiger partial charge in [-0.1, -0.05) is 24.3 Å². The van der Waals surface area contributed by atoms with Crippen LogP contribution < -0.4 is 0 Å². The summed E-state index contributed by atoms with van der Waals surface area (Å²) in [7, 11) is 0. The second kappa shape index (κ2) is 2.13. The molecule has 1 nitrogen and oxygen atoms in total. The Hall–Kier alpha value is -1.29. The van der Waals surface area contributed by atoms with Gasteiger partial charge in [-0.15, -0.1) is 0 Å². The smallest absolute Gasteiger partial charge is 0.0912 e. The molecule has 0 atom stereocenters. The molecule has 0 saturated heterocycles. The molecule has 0 fully saturated rings. The molecule has 1 rings (SSSR count). The zero-order valence-electron chi connectivity index (χ0n) is 4.33. The van der Waals surface area contributed by atoms with E-state index in [-0.39, 0.29) is 0 Å². The van der Waals surface area contributed by atoms with Crippen LogP contribution in [0.15, 0.2) is 36.0 Å². The Morgan fingerprint density at radius 1 is 1.50 bits per heavy atom. The van der Waals surface area contributed by atoms with Crippen LogP contribution in [0.5, 0.6) is 0 Å². The molecule has 0 saturated carbocycles. The molecule has 0 aliphatic heterocycles. The Morgan fingerprint density at radius 3 is 2.75 bits per heavy atom. The number of rotatable bonds is 1. The molecule has 0 radical (unpaired) electrons. The lowest BCUT2D eigenvalue weighted by Crippen LogP contribution is -1.47. The number of hydrogen-bond acceptors (Lipinski definition) is 1. The van der Waals surface area contributed by atoms with Crippen molar-refractivity contribution in [3.63, 3.8) is 0 Å². The van der Waals surface area contributed by atoms with Crippen molar-refractivity contribution in [2.24, 2.45) is 0 Å². The molecule has 38 valence electrons. The monoisotopic (exact) mass is 103 g/mol. The van der Waals surface area contributed by atoms with Gasteiger partial charge in [0.25, 0.3) is 0 Å². The normalized spacial score (nSPS) is 14.1. The van der Waals surface area contributed by atoms with Crippen LogP contribution in [-0.4, -0.2) is 0 Å². The van der Waals surface area contributed by atoms with Crippen molar-refractivity contribution in [3.8, 4) is 6.07 Å². The molecule has 0 bridgehead atoms. The van der Waals surface area contributed by atoms with Gasteiger partial charge in [0.15, 0.2) is 0 Å². The average Bonchev–Trinajstić information content (AvgIpc) is 2.51. The molecular weight excluding hydrogens is 98.1 g/mol. The fourth-order valence-corrected chi connectivity index (χ4v) is 0.361. The van der Waals surface area contributed by atoms with Crippen molar-refractivity contribution in [3.05, 3.63) is 36.0 Å². The first-order valence-corrected chi connectivity index (χ1v) is 2.38. The van der Waals surface area contributed by atoms with E-state index in [1.165, 1.54) is 11.6 Å². The maximum absolute atomic E-state index is 8.01. The molecule has 1 aliphatic rings. The molecule has 0 aromatic carbocycles. The highest BCUT2D eigenvalue weighted by Gasteiger charge is 1.92. The molecular formula is C7H5N. The summed E-state index contributed by atoms with van der Waals surface area (Å²) in [6.07, 6.45) is 9.05. The first-order chi connectivity index (χ1) is 3.93. The van der Waals surface area contributed by atoms with E-state index in [0.717, 1.165) is 0 Å². The maximum atomic E-state index is 8.01. The van der Waals surface area contributed by atoms with Crippen molar-refractivity contribution >= 4 is 0 Å². The highest BCUT2D eigenvalue weighted by atomic mass is 14.2. The quantitative estimate of drug-likeness (QED) is 0.462. The maximum Gasteiger partial charge on any atom is 0.0912 e. The van der Waals surface area contributed by atoms with E-state index in [4.69, 9.17) is 5.26 Å². The van der Waals surface area contributed by atoms with Gasteiger partial charge in [0, 0.05) is 6.08 Å². The van der Waals surface area contributed by atoms with Gasteiger partial charge in [-0.2, -0.15) is 5.26 Å². The SMILES string of the molecule is N#C/C=C/C=C1C=C1. The van der Waals surface area contributed by atoms with E-state index in [1.807, 2.05) is 24.3 Å². The summed E-state index contributed by atoms with van der Waals surface area (Å²) < 4.78 is 0. The first-order valence-electron chi connectivity index (χ1n) is 2.38. The van der Waals surface area contributed by atoms with Crippen LogP contribution in [0.3, 0.4) is 0 Å². The van der Waals surface area contributed by atoms with E-state index in [0.29, 0.717) is 0 Å². The third kappa shape index (κ3) is 1.44. The van der Waals surface area contributed by atoms with Crippen molar-refractivity contribution < 1.29 is 0 Å². The zero-order chi connectivity index (χ0) is 5.82. The molecule has 0 spiro atoms. The second-order valence-corrected chi connectivity index (χ2v) is 1.49. The van der Waals surface area contributed by atoms with Crippen LogP contribution in [0.2, 0.25) is 0 Å². The molecule has 0 aromatic heterocycles. The molecule has 0 aromatic rings. The topological polar surface area (TPSA) is 23.8 Å². The summed E-state index contributed by atoms with van der Waals surface area (Å²) in [5.41, 5.74) is 1.21. The lowest BCUT2D eigenvalue weighted by Gasteiger charge is -1.64. The Kier molecular flexibility index (Phi) is 1.29. The number of nitriles is 1. The number of nitrogens with zero attached hydrogens (tertiary/aromatic N) is 1. The van der Waals surface area contributed by atoms with E-state index in [9.17, 15) is 0 Å². The second-order valence-electron chi connectivity index (χ2n) is 1.49. The molecule has 0 N–H and O–H groups in total. The van der Waals surface area contributed by atoms with E-state index >= 15 is 0 Å². The highest BCUT2D eigenvalue weighted by molar-refractivity contribution is 5.48. The highest BCUT2D eigenvalue weighted by Crippen LogP contribution is 2.12. The van der Waals surface area contributed by atoms with Gasteiger partial charge in [-0.05, 0) is 5.57 Å². The van der Waals surface area contributed by atoms with E-state index < -0.39 is 0 Å². The summed E-state index contributed by atoms with van der Waals surface area (Å²) in [4.78, 5) is 0. The van der Waals surface area contributed by atoms with Crippen molar-refractivity contribution in [1.82, 2.24) is 0 Å². The Morgan fingerprint density at radius 2 is 2.25 bits per heavy atom. The first kappa shape index (κ1) is 4.86. The van der Waals surface area contributed by atoms with E-state index in [1.54, 1.807) is 6.08 Å². The summed E-state index contributed by atoms with van der Waals surface area (Å²) in [6, 6.07) is 1.90. The lowest BCUT2D eigenvalue weighted by atomic mass is 10.4. The molecule has 0 heterocycles. The van der Waals surface area contributed by atoms with Gasteiger partial charge in [0.2, 0.25) is 0 Å². The van der Waals surface area contributed by atoms with Gasteiger partial charge < -0.3 is 0 Å². The zero-order valence-corrected chi connectivity index (χ0v) is 4.33. The fraction of sp³-hybridized carbons (Fsp3) is 0. The van der Waals surface area contributed by atoms with Crippen LogP contribution in [-0.2, 0) is 0 Å². The minimum Gasteiger partial charge on any atom is -0.193 e. The average molecular weight is 103 g/mol. The van der Waals surface area contributed by atoms with Crippen LogP contribution in [0.25, 0.3) is 0 Å². The third-order valence-electron chi connectivity index (χ3n) is 0.819. The van der Waals surface area contributed by atoms with Crippen molar-refractivity contribution in [2.75, 3.05) is 0 Å². The Bertz CT molecular complexity index is 193. The van der Waals surface area contributed by atoms with Gasteiger partial charge in [0.1, 0.15) is 0 Å². The summed E-state index contributed by atoms with van der Waals surface area (Å²) >= 11 is 0. The molecule has 8 heavy (non-hydrogen) atoms. The molecule has 1 aliphatic carbocycles. The predicted molar refractivity (Wildman–Crippen MR) is 32.0 cm³/mol. The van der Waals surface area contributed by atoms with Crippen LogP contribution in [0.1, 0.15) is 0 Å². The van der Waals surface area contributed by atoms with Crippen LogP contribution in [0, 0.1) is 11.3 Å². The Balaban J connectivity index is 2.34.